The minimum absolute atomic E-state index is 0. The van der Waals surface area contributed by atoms with E-state index in [1.807, 2.05) is 0 Å². The quantitative estimate of drug-likeness (QED) is 0.508. The van der Waals surface area contributed by atoms with E-state index < -0.39 is 0 Å². The Balaban J connectivity index is 0. The summed E-state index contributed by atoms with van der Waals surface area (Å²) in [5.41, 5.74) is 0. The Morgan fingerprint density at radius 2 is 0.400 bits per heavy atom. The topological polar surface area (TPSA) is 61.0 Å². The van der Waals surface area contributed by atoms with Crippen LogP contribution < -0.4 is 0 Å². The number of hydrogen-bond donors (Lipinski definition) is 0. The molecule has 2 nitrogen and oxygen atoms in total. The van der Waals surface area contributed by atoms with E-state index in [0.29, 0.717) is 0 Å². The van der Waals surface area contributed by atoms with Gasteiger partial charge in [0.1, 0.15) is 0 Å². The number of rotatable bonds is 0. The molecule has 0 aliphatic rings. The summed E-state index contributed by atoms with van der Waals surface area (Å²) >= 11 is 0. The number of nitrogens with zero attached hydrogens (tertiary/aromatic N) is 2. The van der Waals surface area contributed by atoms with Crippen molar-refractivity contribution in [1.29, 1.82) is 0 Å². The molecule has 0 heterocycles. The van der Waals surface area contributed by atoms with Crippen LogP contribution in [0.25, 0.3) is 12.3 Å². The third kappa shape index (κ3) is 30.3. The molecule has 0 N–H and O–H groups in total. The van der Waals surface area contributed by atoms with Crippen molar-refractivity contribution in [2.75, 3.05) is 0 Å². The summed E-state index contributed by atoms with van der Waals surface area (Å²) in [5.74, 6) is 0. The molecule has 34 valence electrons. The number of hydrogen-bond acceptors (Lipinski definition) is 0. The summed E-state index contributed by atoms with van der Waals surface area (Å²) in [4.78, 5) is 0. The Hall–Kier alpha value is 1.48. The fourth-order valence-corrected chi connectivity index (χ4v) is 0. The van der Waals surface area contributed by atoms with Crippen LogP contribution in [0.3, 0.4) is 0 Å². The predicted octanol–water partition coefficient (Wildman–Crippen LogP) is 0.570. The maximum atomic E-state index is 0. The molecular weight excluding hydrogens is 196 g/mol. The van der Waals surface area contributed by atoms with Gasteiger partial charge in [-0.25, -0.2) is 0 Å². The molecule has 0 amide bonds. The van der Waals surface area contributed by atoms with Crippen molar-refractivity contribution < 1.29 is 51.2 Å². The van der Waals surface area contributed by atoms with Gasteiger partial charge >= 0.3 is 51.2 Å². The van der Waals surface area contributed by atoms with Crippen LogP contribution in [-0.2, 0) is 51.2 Å². The summed E-state index contributed by atoms with van der Waals surface area (Å²) in [6.07, 6.45) is 0. The second kappa shape index (κ2) is 50.3. The zero-order valence-electron chi connectivity index (χ0n) is 1.96. The Labute approximate surface area is 63.4 Å². The molecule has 0 saturated carbocycles. The van der Waals surface area contributed by atoms with E-state index in [0.717, 1.165) is 0 Å². The first-order valence-corrected chi connectivity index (χ1v) is 0. The summed E-state index contributed by atoms with van der Waals surface area (Å²) < 4.78 is 0. The molecule has 0 fully saturated rings. The molecule has 0 saturated heterocycles. The monoisotopic (exact) mass is 196 g/mol. The van der Waals surface area contributed by atoms with Crippen molar-refractivity contribution in [3.63, 3.8) is 0 Å². The Kier molecular flexibility index (Phi) is 894. The van der Waals surface area contributed by atoms with Crippen molar-refractivity contribution in [1.82, 2.24) is 0 Å². The van der Waals surface area contributed by atoms with Crippen molar-refractivity contribution >= 4 is 0 Å². The predicted molar refractivity (Wildman–Crippen MR) is 6.72 cm³/mol. The average Bonchev–Trinajstić information content (AvgIpc) is 0. The molecule has 0 bridgehead atoms. The van der Waals surface area contributed by atoms with Crippen LogP contribution in [0.2, 0.25) is 0 Å². The second-order valence-corrected chi connectivity index (χ2v) is 0. The Bertz CT molecular complexity index is 4.85. The standard InChI is InChI=1S/3Fe.2N/q3*+2;2*-3. The van der Waals surface area contributed by atoms with Gasteiger partial charge in [-0.3, -0.25) is 0 Å². The average molecular weight is 196 g/mol. The second-order valence-electron chi connectivity index (χ2n) is 0. The first kappa shape index (κ1) is 89.0. The molecule has 0 atom stereocenters. The molecule has 0 aromatic rings. The van der Waals surface area contributed by atoms with Crippen LogP contribution in [0.15, 0.2) is 0 Å². The van der Waals surface area contributed by atoms with Gasteiger partial charge in [-0.15, -0.1) is 0 Å². The maximum Gasteiger partial charge on any atom is 2.00 e. The van der Waals surface area contributed by atoms with Gasteiger partial charge in [-0.05, 0) is 0 Å². The van der Waals surface area contributed by atoms with Crippen LogP contribution in [0.4, 0.5) is 0 Å². The minimum atomic E-state index is 0. The van der Waals surface area contributed by atoms with Gasteiger partial charge in [0.05, 0.1) is 0 Å². The van der Waals surface area contributed by atoms with Gasteiger partial charge in [0.15, 0.2) is 0 Å². The molecular formula is Fe3N2. The first-order chi connectivity index (χ1) is 0. The summed E-state index contributed by atoms with van der Waals surface area (Å²) in [7, 11) is 0. The zero-order chi connectivity index (χ0) is 0. The van der Waals surface area contributed by atoms with E-state index in [1.165, 1.54) is 0 Å². The van der Waals surface area contributed by atoms with Crippen LogP contribution in [0.5, 0.6) is 0 Å². The van der Waals surface area contributed by atoms with Crippen molar-refractivity contribution in [2.24, 2.45) is 0 Å². The molecule has 0 aromatic carbocycles. The van der Waals surface area contributed by atoms with E-state index in [9.17, 15) is 0 Å². The smallest absolute Gasteiger partial charge is 2.00 e. The van der Waals surface area contributed by atoms with Gasteiger partial charge in [-0.1, -0.05) is 0 Å². The van der Waals surface area contributed by atoms with Crippen LogP contribution in [0, 0.1) is 0 Å². The van der Waals surface area contributed by atoms with Gasteiger partial charge in [0, 0.05) is 0 Å². The molecule has 5 heavy (non-hydrogen) atoms. The van der Waals surface area contributed by atoms with Crippen LogP contribution >= 0.6 is 0 Å². The summed E-state index contributed by atoms with van der Waals surface area (Å²) in [6, 6.07) is 0. The summed E-state index contributed by atoms with van der Waals surface area (Å²) in [5, 5.41) is 0. The van der Waals surface area contributed by atoms with Crippen molar-refractivity contribution in [3.8, 4) is 0 Å². The molecule has 0 aliphatic heterocycles. The molecule has 0 spiro atoms. The summed E-state index contributed by atoms with van der Waals surface area (Å²) in [6.45, 7) is 0. The van der Waals surface area contributed by atoms with E-state index in [1.54, 1.807) is 0 Å². The molecule has 0 aromatic heterocycles. The normalized spacial score (nSPS) is 0. The fraction of sp³-hybridized carbons (Fsp3) is 0. The van der Waals surface area contributed by atoms with E-state index in [4.69, 9.17) is 0 Å². The Morgan fingerprint density at radius 1 is 0.400 bits per heavy atom. The Morgan fingerprint density at radius 3 is 0.400 bits per heavy atom. The van der Waals surface area contributed by atoms with Crippen LogP contribution in [0.1, 0.15) is 0 Å². The van der Waals surface area contributed by atoms with Gasteiger partial charge in [-0.2, -0.15) is 0 Å². The fourth-order valence-electron chi connectivity index (χ4n) is 0. The van der Waals surface area contributed by atoms with E-state index in [2.05, 4.69) is 0 Å². The van der Waals surface area contributed by atoms with E-state index >= 15 is 0 Å². The molecule has 0 unspecified atom stereocenters. The van der Waals surface area contributed by atoms with Crippen LogP contribution in [-0.4, -0.2) is 0 Å². The molecule has 0 aliphatic carbocycles. The zero-order valence-corrected chi connectivity index (χ0v) is 5.27. The first-order valence-electron chi connectivity index (χ1n) is 0. The van der Waals surface area contributed by atoms with E-state index in [-0.39, 0.29) is 63.5 Å². The molecule has 5 heteroatoms. The molecule has 0 rings (SSSR count). The molecule has 0 radical (unpaired) electrons. The third-order valence-electron chi connectivity index (χ3n) is 0. The maximum absolute atomic E-state index is 0. The minimum Gasteiger partial charge on any atom is -3.00 e. The third-order valence-corrected chi connectivity index (χ3v) is 0. The largest absolute Gasteiger partial charge is 3.00 e. The van der Waals surface area contributed by atoms with Gasteiger partial charge in [0.25, 0.3) is 0 Å². The van der Waals surface area contributed by atoms with Gasteiger partial charge < -0.3 is 12.3 Å². The van der Waals surface area contributed by atoms with Crippen molar-refractivity contribution in [3.05, 3.63) is 12.3 Å². The van der Waals surface area contributed by atoms with Gasteiger partial charge in [0.2, 0.25) is 0 Å². The van der Waals surface area contributed by atoms with Crippen molar-refractivity contribution in [2.45, 2.75) is 0 Å². The SMILES string of the molecule is [Fe+2].[Fe+2].[Fe+2].[N-3].[N-3].